The Labute approximate surface area is 101 Å². The SMILES string of the molecule is CCC(C)n1nnc(C(=O)OCCOC)c1C. The molecular weight excluding hydrogens is 222 g/mol. The van der Waals surface area contributed by atoms with Gasteiger partial charge in [0.2, 0.25) is 0 Å². The van der Waals surface area contributed by atoms with Gasteiger partial charge in [0.1, 0.15) is 6.61 Å². The lowest BCUT2D eigenvalue weighted by Crippen LogP contribution is -2.13. The van der Waals surface area contributed by atoms with E-state index in [0.29, 0.717) is 6.61 Å². The molecule has 0 fully saturated rings. The molecule has 1 rings (SSSR count). The Bertz CT molecular complexity index is 376. The summed E-state index contributed by atoms with van der Waals surface area (Å²) in [5.41, 5.74) is 1.02. The first-order valence-corrected chi connectivity index (χ1v) is 5.69. The quantitative estimate of drug-likeness (QED) is 0.555. The number of esters is 1. The maximum Gasteiger partial charge on any atom is 0.360 e. The standard InChI is InChI=1S/C11H19N3O3/c1-5-8(2)14-9(3)10(12-13-14)11(15)17-7-6-16-4/h8H,5-7H2,1-4H3. The van der Waals surface area contributed by atoms with Gasteiger partial charge in [-0.3, -0.25) is 0 Å². The van der Waals surface area contributed by atoms with Crippen LogP contribution in [-0.2, 0) is 9.47 Å². The van der Waals surface area contributed by atoms with Crippen LogP contribution in [0.5, 0.6) is 0 Å². The summed E-state index contributed by atoms with van der Waals surface area (Å²) < 4.78 is 11.5. The van der Waals surface area contributed by atoms with E-state index in [1.807, 2.05) is 13.8 Å². The molecule has 17 heavy (non-hydrogen) atoms. The van der Waals surface area contributed by atoms with Crippen molar-refractivity contribution in [3.05, 3.63) is 11.4 Å². The average Bonchev–Trinajstić information content (AvgIpc) is 2.70. The van der Waals surface area contributed by atoms with Crippen LogP contribution < -0.4 is 0 Å². The maximum absolute atomic E-state index is 11.7. The molecule has 1 aromatic heterocycles. The minimum absolute atomic E-state index is 0.225. The summed E-state index contributed by atoms with van der Waals surface area (Å²) in [5, 5.41) is 7.83. The Balaban J connectivity index is 2.71. The van der Waals surface area contributed by atoms with Crippen molar-refractivity contribution in [2.24, 2.45) is 0 Å². The number of nitrogens with zero attached hydrogens (tertiary/aromatic N) is 3. The molecule has 0 saturated carbocycles. The average molecular weight is 241 g/mol. The van der Waals surface area contributed by atoms with Crippen molar-refractivity contribution in [3.63, 3.8) is 0 Å². The minimum atomic E-state index is -0.450. The molecule has 6 heteroatoms. The highest BCUT2D eigenvalue weighted by Gasteiger charge is 2.19. The Hall–Kier alpha value is -1.43. The van der Waals surface area contributed by atoms with Gasteiger partial charge in [-0.2, -0.15) is 0 Å². The molecule has 1 heterocycles. The highest BCUT2D eigenvalue weighted by atomic mass is 16.6. The summed E-state index contributed by atoms with van der Waals surface area (Å²) in [6.45, 7) is 6.51. The summed E-state index contributed by atoms with van der Waals surface area (Å²) in [6, 6.07) is 0.225. The molecule has 0 aliphatic carbocycles. The topological polar surface area (TPSA) is 66.2 Å². The van der Waals surface area contributed by atoms with E-state index in [9.17, 15) is 4.79 Å². The van der Waals surface area contributed by atoms with Crippen molar-refractivity contribution < 1.29 is 14.3 Å². The molecule has 0 radical (unpaired) electrons. The normalized spacial score (nSPS) is 12.5. The molecule has 0 bridgehead atoms. The van der Waals surface area contributed by atoms with Gasteiger partial charge in [0.25, 0.3) is 0 Å². The molecule has 1 aromatic rings. The van der Waals surface area contributed by atoms with Crippen LogP contribution in [0, 0.1) is 6.92 Å². The molecule has 1 unspecified atom stereocenters. The van der Waals surface area contributed by atoms with Gasteiger partial charge in [-0.05, 0) is 20.3 Å². The zero-order valence-electron chi connectivity index (χ0n) is 10.8. The zero-order chi connectivity index (χ0) is 12.8. The lowest BCUT2D eigenvalue weighted by atomic mass is 10.2. The summed E-state index contributed by atoms with van der Waals surface area (Å²) in [4.78, 5) is 11.7. The van der Waals surface area contributed by atoms with Crippen LogP contribution in [0.4, 0.5) is 0 Å². The van der Waals surface area contributed by atoms with Gasteiger partial charge in [0, 0.05) is 7.11 Å². The predicted molar refractivity (Wildman–Crippen MR) is 61.9 cm³/mol. The van der Waals surface area contributed by atoms with E-state index in [4.69, 9.17) is 9.47 Å². The summed E-state index contributed by atoms with van der Waals surface area (Å²) >= 11 is 0. The molecule has 0 aromatic carbocycles. The first kappa shape index (κ1) is 13.6. The van der Waals surface area contributed by atoms with Crippen LogP contribution in [0.3, 0.4) is 0 Å². The number of aromatic nitrogens is 3. The van der Waals surface area contributed by atoms with Crippen LogP contribution in [0.25, 0.3) is 0 Å². The molecule has 1 atom stereocenters. The Kier molecular flexibility index (Phi) is 5.09. The van der Waals surface area contributed by atoms with Crippen molar-refractivity contribution in [1.82, 2.24) is 15.0 Å². The zero-order valence-corrected chi connectivity index (χ0v) is 10.8. The number of hydrogen-bond donors (Lipinski definition) is 0. The number of carbonyl (C=O) groups is 1. The van der Waals surface area contributed by atoms with Gasteiger partial charge in [-0.15, -0.1) is 5.10 Å². The Morgan fingerprint density at radius 3 is 2.76 bits per heavy atom. The van der Waals surface area contributed by atoms with Crippen molar-refractivity contribution >= 4 is 5.97 Å². The van der Waals surface area contributed by atoms with Gasteiger partial charge in [0.15, 0.2) is 5.69 Å². The van der Waals surface area contributed by atoms with Crippen LogP contribution in [0.15, 0.2) is 0 Å². The largest absolute Gasteiger partial charge is 0.458 e. The van der Waals surface area contributed by atoms with E-state index >= 15 is 0 Å². The number of rotatable bonds is 6. The molecule has 6 nitrogen and oxygen atoms in total. The first-order valence-electron chi connectivity index (χ1n) is 5.69. The molecule has 0 amide bonds. The second kappa shape index (κ2) is 6.34. The highest BCUT2D eigenvalue weighted by Crippen LogP contribution is 2.14. The smallest absolute Gasteiger partial charge is 0.360 e. The number of ether oxygens (including phenoxy) is 2. The third-order valence-corrected chi connectivity index (χ3v) is 2.65. The van der Waals surface area contributed by atoms with Crippen molar-refractivity contribution in [3.8, 4) is 0 Å². The fraction of sp³-hybridized carbons (Fsp3) is 0.727. The Morgan fingerprint density at radius 1 is 1.47 bits per heavy atom. The molecule has 0 N–H and O–H groups in total. The van der Waals surface area contributed by atoms with E-state index in [2.05, 4.69) is 17.2 Å². The summed E-state index contributed by atoms with van der Waals surface area (Å²) in [5.74, 6) is -0.450. The molecule has 0 aliphatic heterocycles. The van der Waals surface area contributed by atoms with Crippen LogP contribution in [-0.4, -0.2) is 41.3 Å². The number of carbonyl (C=O) groups excluding carboxylic acids is 1. The Morgan fingerprint density at radius 2 is 2.18 bits per heavy atom. The van der Waals surface area contributed by atoms with E-state index in [-0.39, 0.29) is 18.3 Å². The van der Waals surface area contributed by atoms with Gasteiger partial charge >= 0.3 is 5.97 Å². The maximum atomic E-state index is 11.7. The molecule has 0 spiro atoms. The first-order chi connectivity index (χ1) is 8.11. The van der Waals surface area contributed by atoms with Gasteiger partial charge in [-0.1, -0.05) is 12.1 Å². The molecule has 96 valence electrons. The second-order valence-corrected chi connectivity index (χ2v) is 3.85. The number of hydrogen-bond acceptors (Lipinski definition) is 5. The highest BCUT2D eigenvalue weighted by molar-refractivity contribution is 5.88. The molecule has 0 saturated heterocycles. The van der Waals surface area contributed by atoms with Crippen LogP contribution >= 0.6 is 0 Å². The fourth-order valence-electron chi connectivity index (χ4n) is 1.41. The molecule has 0 aliphatic rings. The minimum Gasteiger partial charge on any atom is -0.458 e. The van der Waals surface area contributed by atoms with Crippen molar-refractivity contribution in [2.75, 3.05) is 20.3 Å². The van der Waals surface area contributed by atoms with E-state index in [1.165, 1.54) is 0 Å². The number of methoxy groups -OCH3 is 1. The lowest BCUT2D eigenvalue weighted by Gasteiger charge is -2.10. The van der Waals surface area contributed by atoms with Crippen LogP contribution in [0.2, 0.25) is 0 Å². The van der Waals surface area contributed by atoms with E-state index in [1.54, 1.807) is 11.8 Å². The van der Waals surface area contributed by atoms with Gasteiger partial charge in [-0.25, -0.2) is 9.48 Å². The summed E-state index contributed by atoms with van der Waals surface area (Å²) in [7, 11) is 1.55. The summed E-state index contributed by atoms with van der Waals surface area (Å²) in [6.07, 6.45) is 0.933. The predicted octanol–water partition coefficient (Wildman–Crippen LogP) is 1.36. The van der Waals surface area contributed by atoms with Crippen molar-refractivity contribution in [2.45, 2.75) is 33.2 Å². The third-order valence-electron chi connectivity index (χ3n) is 2.65. The van der Waals surface area contributed by atoms with Gasteiger partial charge in [0.05, 0.1) is 18.3 Å². The van der Waals surface area contributed by atoms with Crippen LogP contribution in [0.1, 0.15) is 42.5 Å². The van der Waals surface area contributed by atoms with E-state index < -0.39 is 5.97 Å². The second-order valence-electron chi connectivity index (χ2n) is 3.85. The van der Waals surface area contributed by atoms with Crippen molar-refractivity contribution in [1.29, 1.82) is 0 Å². The van der Waals surface area contributed by atoms with E-state index in [0.717, 1.165) is 12.1 Å². The molecular formula is C11H19N3O3. The monoisotopic (exact) mass is 241 g/mol. The fourth-order valence-corrected chi connectivity index (χ4v) is 1.41. The van der Waals surface area contributed by atoms with Gasteiger partial charge < -0.3 is 9.47 Å². The third kappa shape index (κ3) is 3.26. The lowest BCUT2D eigenvalue weighted by molar-refractivity contribution is 0.0380.